The van der Waals surface area contributed by atoms with Gasteiger partial charge in [0, 0.05) is 26.1 Å². The van der Waals surface area contributed by atoms with Crippen molar-refractivity contribution in [1.82, 2.24) is 4.90 Å². The van der Waals surface area contributed by atoms with Crippen LogP contribution < -0.4 is 0 Å². The minimum Gasteiger partial charge on any atom is -0.384 e. The zero-order chi connectivity index (χ0) is 10.8. The van der Waals surface area contributed by atoms with E-state index in [0.717, 1.165) is 13.1 Å². The maximum absolute atomic E-state index is 11.4. The monoisotopic (exact) mass is 219 g/mol. The molecule has 82 valence electrons. The van der Waals surface area contributed by atoms with Crippen molar-refractivity contribution in [3.05, 3.63) is 0 Å². The zero-order valence-corrected chi connectivity index (χ0v) is 9.80. The summed E-state index contributed by atoms with van der Waals surface area (Å²) in [5.74, 6) is 0.522. The summed E-state index contributed by atoms with van der Waals surface area (Å²) >= 11 is 5.53. The second-order valence-corrected chi connectivity index (χ2v) is 4.82. The van der Waals surface area contributed by atoms with Gasteiger partial charge in [-0.05, 0) is 5.41 Å². The Morgan fingerprint density at radius 2 is 2.29 bits per heavy atom. The minimum absolute atomic E-state index is 0.0262. The molecule has 0 bridgehead atoms. The number of rotatable bonds is 3. The third kappa shape index (κ3) is 2.39. The molecule has 1 atom stereocenters. The molecule has 0 aromatic rings. The molecule has 1 aliphatic rings. The molecular weight excluding hydrogens is 202 g/mol. The van der Waals surface area contributed by atoms with Gasteiger partial charge < -0.3 is 9.64 Å². The first-order chi connectivity index (χ1) is 6.51. The fourth-order valence-electron chi connectivity index (χ4n) is 1.95. The molecule has 1 amide bonds. The van der Waals surface area contributed by atoms with E-state index in [9.17, 15) is 4.79 Å². The van der Waals surface area contributed by atoms with Crippen molar-refractivity contribution in [2.24, 2.45) is 11.3 Å². The standard InChI is InChI=1S/C10H18ClNO2/c1-10(2)7-12(9(13)4-11)5-8(10)6-14-3/h8H,4-7H2,1-3H3. The van der Waals surface area contributed by atoms with Gasteiger partial charge in [-0.3, -0.25) is 4.79 Å². The highest BCUT2D eigenvalue weighted by Gasteiger charge is 2.40. The average molecular weight is 220 g/mol. The Bertz CT molecular complexity index is 218. The van der Waals surface area contributed by atoms with E-state index in [0.29, 0.717) is 12.5 Å². The molecule has 0 aromatic carbocycles. The molecule has 0 aliphatic carbocycles. The third-order valence-corrected chi connectivity index (χ3v) is 3.21. The summed E-state index contributed by atoms with van der Waals surface area (Å²) < 4.78 is 5.15. The third-order valence-electron chi connectivity index (χ3n) is 2.98. The van der Waals surface area contributed by atoms with E-state index in [-0.39, 0.29) is 17.2 Å². The molecule has 1 saturated heterocycles. The lowest BCUT2D eigenvalue weighted by Crippen LogP contribution is -2.30. The van der Waals surface area contributed by atoms with Gasteiger partial charge in [0.25, 0.3) is 0 Å². The van der Waals surface area contributed by atoms with Crippen molar-refractivity contribution < 1.29 is 9.53 Å². The fraction of sp³-hybridized carbons (Fsp3) is 0.900. The second-order valence-electron chi connectivity index (χ2n) is 4.55. The van der Waals surface area contributed by atoms with Crippen molar-refractivity contribution in [3.63, 3.8) is 0 Å². The quantitative estimate of drug-likeness (QED) is 0.671. The van der Waals surface area contributed by atoms with Gasteiger partial charge in [0.15, 0.2) is 0 Å². The highest BCUT2D eigenvalue weighted by atomic mass is 35.5. The lowest BCUT2D eigenvalue weighted by Gasteiger charge is -2.24. The van der Waals surface area contributed by atoms with Crippen LogP contribution in [0, 0.1) is 11.3 Å². The Morgan fingerprint density at radius 1 is 1.64 bits per heavy atom. The van der Waals surface area contributed by atoms with Crippen molar-refractivity contribution in [2.45, 2.75) is 13.8 Å². The van der Waals surface area contributed by atoms with E-state index < -0.39 is 0 Å². The molecule has 0 radical (unpaired) electrons. The maximum Gasteiger partial charge on any atom is 0.237 e. The van der Waals surface area contributed by atoms with Crippen molar-refractivity contribution >= 4 is 17.5 Å². The van der Waals surface area contributed by atoms with Crippen molar-refractivity contribution in [3.8, 4) is 0 Å². The topological polar surface area (TPSA) is 29.5 Å². The van der Waals surface area contributed by atoms with Crippen LogP contribution in [-0.2, 0) is 9.53 Å². The average Bonchev–Trinajstić information content (AvgIpc) is 2.42. The number of likely N-dealkylation sites (tertiary alicyclic amines) is 1. The molecule has 0 aromatic heterocycles. The van der Waals surface area contributed by atoms with E-state index in [4.69, 9.17) is 16.3 Å². The Morgan fingerprint density at radius 3 is 2.79 bits per heavy atom. The molecule has 0 spiro atoms. The zero-order valence-electron chi connectivity index (χ0n) is 9.05. The maximum atomic E-state index is 11.4. The molecule has 14 heavy (non-hydrogen) atoms. The number of halogens is 1. The Hall–Kier alpha value is -0.280. The highest BCUT2D eigenvalue weighted by molar-refractivity contribution is 6.27. The number of amides is 1. The fourth-order valence-corrected chi connectivity index (χ4v) is 2.12. The van der Waals surface area contributed by atoms with Gasteiger partial charge >= 0.3 is 0 Å². The Balaban J connectivity index is 2.61. The number of nitrogens with zero attached hydrogens (tertiary/aromatic N) is 1. The van der Waals surface area contributed by atoms with E-state index >= 15 is 0 Å². The summed E-state index contributed by atoms with van der Waals surface area (Å²) in [5, 5.41) is 0. The lowest BCUT2D eigenvalue weighted by molar-refractivity contribution is -0.127. The van der Waals surface area contributed by atoms with Crippen LogP contribution in [0.15, 0.2) is 0 Å². The van der Waals surface area contributed by atoms with Crippen LogP contribution >= 0.6 is 11.6 Å². The van der Waals surface area contributed by atoms with Crippen LogP contribution in [0.1, 0.15) is 13.8 Å². The second kappa shape index (κ2) is 4.49. The first kappa shape index (κ1) is 11.8. The number of carbonyl (C=O) groups excluding carboxylic acids is 1. The van der Waals surface area contributed by atoms with Gasteiger partial charge in [0.2, 0.25) is 5.91 Å². The SMILES string of the molecule is COCC1CN(C(=O)CCl)CC1(C)C. The van der Waals surface area contributed by atoms with Crippen LogP contribution in [0.4, 0.5) is 0 Å². The number of hydrogen-bond donors (Lipinski definition) is 0. The van der Waals surface area contributed by atoms with Crippen LogP contribution in [0.5, 0.6) is 0 Å². The molecule has 1 unspecified atom stereocenters. The number of carbonyl (C=O) groups is 1. The van der Waals surface area contributed by atoms with Crippen LogP contribution in [0.2, 0.25) is 0 Å². The van der Waals surface area contributed by atoms with Gasteiger partial charge in [0.05, 0.1) is 6.61 Å². The molecule has 1 rings (SSSR count). The van der Waals surface area contributed by atoms with E-state index in [1.54, 1.807) is 7.11 Å². The number of ether oxygens (including phenoxy) is 1. The predicted molar refractivity (Wildman–Crippen MR) is 56.4 cm³/mol. The van der Waals surface area contributed by atoms with Gasteiger partial charge in [-0.2, -0.15) is 0 Å². The predicted octanol–water partition coefficient (Wildman–Crippen LogP) is 1.36. The normalized spacial score (nSPS) is 25.4. The summed E-state index contributed by atoms with van der Waals surface area (Å²) in [6, 6.07) is 0. The molecule has 1 fully saturated rings. The highest BCUT2D eigenvalue weighted by Crippen LogP contribution is 2.35. The first-order valence-corrected chi connectivity index (χ1v) is 5.37. The largest absolute Gasteiger partial charge is 0.384 e. The molecule has 1 aliphatic heterocycles. The van der Waals surface area contributed by atoms with Crippen LogP contribution in [0.25, 0.3) is 0 Å². The van der Waals surface area contributed by atoms with Gasteiger partial charge in [0.1, 0.15) is 5.88 Å². The van der Waals surface area contributed by atoms with E-state index in [1.165, 1.54) is 0 Å². The van der Waals surface area contributed by atoms with E-state index in [1.807, 2.05) is 4.90 Å². The number of methoxy groups -OCH3 is 1. The molecule has 0 saturated carbocycles. The van der Waals surface area contributed by atoms with E-state index in [2.05, 4.69) is 13.8 Å². The van der Waals surface area contributed by atoms with Crippen LogP contribution in [0.3, 0.4) is 0 Å². The smallest absolute Gasteiger partial charge is 0.237 e. The van der Waals surface area contributed by atoms with Crippen molar-refractivity contribution in [2.75, 3.05) is 32.7 Å². The summed E-state index contributed by atoms with van der Waals surface area (Å²) in [5.41, 5.74) is 0.137. The summed E-state index contributed by atoms with van der Waals surface area (Å²) in [6.45, 7) is 6.59. The summed E-state index contributed by atoms with van der Waals surface area (Å²) in [4.78, 5) is 13.2. The first-order valence-electron chi connectivity index (χ1n) is 4.84. The van der Waals surface area contributed by atoms with Crippen molar-refractivity contribution in [1.29, 1.82) is 0 Å². The Labute approximate surface area is 90.4 Å². The molecule has 0 N–H and O–H groups in total. The molecule has 4 heteroatoms. The van der Waals surface area contributed by atoms with Gasteiger partial charge in [-0.1, -0.05) is 13.8 Å². The molecule has 1 heterocycles. The van der Waals surface area contributed by atoms with Crippen LogP contribution in [-0.4, -0.2) is 43.5 Å². The number of alkyl halides is 1. The molecular formula is C10H18ClNO2. The number of hydrogen-bond acceptors (Lipinski definition) is 2. The summed E-state index contributed by atoms with van der Waals surface area (Å²) in [7, 11) is 1.70. The minimum atomic E-state index is 0.0262. The Kier molecular flexibility index (Phi) is 3.78. The lowest BCUT2D eigenvalue weighted by atomic mass is 9.83. The van der Waals surface area contributed by atoms with Gasteiger partial charge in [-0.25, -0.2) is 0 Å². The molecule has 3 nitrogen and oxygen atoms in total. The summed E-state index contributed by atoms with van der Waals surface area (Å²) in [6.07, 6.45) is 0. The van der Waals surface area contributed by atoms with Gasteiger partial charge in [-0.15, -0.1) is 11.6 Å².